The van der Waals surface area contributed by atoms with E-state index in [4.69, 9.17) is 4.74 Å². The van der Waals surface area contributed by atoms with E-state index in [0.29, 0.717) is 5.92 Å². The minimum Gasteiger partial charge on any atom is -0.497 e. The van der Waals surface area contributed by atoms with E-state index in [1.54, 1.807) is 7.11 Å². The van der Waals surface area contributed by atoms with Crippen LogP contribution in [0, 0.1) is 5.92 Å². The van der Waals surface area contributed by atoms with Crippen LogP contribution < -0.4 is 15.4 Å². The first kappa shape index (κ1) is 22.0. The molecule has 0 radical (unpaired) electrons. The summed E-state index contributed by atoms with van der Waals surface area (Å²) >= 11 is 0. The molecule has 0 amide bonds. The van der Waals surface area contributed by atoms with Crippen LogP contribution in [0.4, 0.5) is 0 Å². The Morgan fingerprint density at radius 1 is 1.20 bits per heavy atom. The molecule has 1 heterocycles. The van der Waals surface area contributed by atoms with Crippen molar-refractivity contribution in [1.29, 1.82) is 0 Å². The third-order valence-corrected chi connectivity index (χ3v) is 4.48. The zero-order valence-corrected chi connectivity index (χ0v) is 18.1. The maximum atomic E-state index is 5.18. The third kappa shape index (κ3) is 8.27. The fourth-order valence-electron chi connectivity index (χ4n) is 3.08. The number of guanidine groups is 1. The van der Waals surface area contributed by atoms with E-state index in [0.717, 1.165) is 31.2 Å². The molecule has 142 valence electrons. The molecule has 1 atom stereocenters. The summed E-state index contributed by atoms with van der Waals surface area (Å²) in [6, 6.07) is 8.22. The molecule has 1 aliphatic heterocycles. The van der Waals surface area contributed by atoms with Gasteiger partial charge in [-0.15, -0.1) is 24.0 Å². The number of benzene rings is 1. The fourth-order valence-corrected chi connectivity index (χ4v) is 3.08. The summed E-state index contributed by atoms with van der Waals surface area (Å²) in [5.41, 5.74) is 1.29. The number of aliphatic imine (C=N–C) groups is 1. The number of nitrogens with one attached hydrogen (secondary N) is 2. The molecule has 2 rings (SSSR count). The fraction of sp³-hybridized carbons (Fsp3) is 0.632. The van der Waals surface area contributed by atoms with Crippen molar-refractivity contribution in [1.82, 2.24) is 15.5 Å². The van der Waals surface area contributed by atoms with Gasteiger partial charge >= 0.3 is 0 Å². The average molecular weight is 460 g/mol. The normalized spacial score (nSPS) is 16.2. The molecule has 1 fully saturated rings. The van der Waals surface area contributed by atoms with Crippen molar-refractivity contribution < 1.29 is 4.74 Å². The predicted octanol–water partition coefficient (Wildman–Crippen LogP) is 2.75. The molecule has 1 saturated heterocycles. The van der Waals surface area contributed by atoms with Crippen LogP contribution in [-0.2, 0) is 6.42 Å². The van der Waals surface area contributed by atoms with Crippen LogP contribution in [0.1, 0.15) is 25.3 Å². The van der Waals surface area contributed by atoms with E-state index in [2.05, 4.69) is 39.6 Å². The van der Waals surface area contributed by atoms with E-state index < -0.39 is 0 Å². The Labute approximate surface area is 169 Å². The Balaban J connectivity index is 0.00000312. The molecule has 0 bridgehead atoms. The highest BCUT2D eigenvalue weighted by molar-refractivity contribution is 14.0. The number of likely N-dealkylation sites (tertiary alicyclic amines) is 1. The van der Waals surface area contributed by atoms with Crippen LogP contribution >= 0.6 is 24.0 Å². The first-order valence-corrected chi connectivity index (χ1v) is 9.01. The van der Waals surface area contributed by atoms with Gasteiger partial charge in [-0.2, -0.15) is 0 Å². The van der Waals surface area contributed by atoms with Gasteiger partial charge in [0.1, 0.15) is 5.75 Å². The second kappa shape index (κ2) is 12.4. The Hall–Kier alpha value is -1.02. The first-order valence-electron chi connectivity index (χ1n) is 9.01. The van der Waals surface area contributed by atoms with Crippen molar-refractivity contribution in [2.75, 3.05) is 46.9 Å². The molecule has 1 aromatic carbocycles. The zero-order valence-electron chi connectivity index (χ0n) is 15.8. The largest absolute Gasteiger partial charge is 0.497 e. The summed E-state index contributed by atoms with van der Waals surface area (Å²) in [5, 5.41) is 6.83. The van der Waals surface area contributed by atoms with Crippen molar-refractivity contribution in [3.05, 3.63) is 29.8 Å². The van der Waals surface area contributed by atoms with Crippen LogP contribution in [0.15, 0.2) is 29.3 Å². The molecular formula is C19H33IN4O. The predicted molar refractivity (Wildman–Crippen MR) is 116 cm³/mol. The van der Waals surface area contributed by atoms with E-state index in [9.17, 15) is 0 Å². The number of methoxy groups -OCH3 is 1. The van der Waals surface area contributed by atoms with Gasteiger partial charge in [0.25, 0.3) is 0 Å². The van der Waals surface area contributed by atoms with Gasteiger partial charge in [0, 0.05) is 26.7 Å². The standard InChI is InChI=1S/C19H32N4O.HI/c1-16(15-23-12-4-5-13-23)14-22-19(20-2)21-11-10-17-6-8-18(24-3)9-7-17;/h6-9,16H,4-5,10-15H2,1-3H3,(H2,20,21,22);1H. The van der Waals surface area contributed by atoms with Crippen molar-refractivity contribution in [3.8, 4) is 5.75 Å². The molecule has 1 unspecified atom stereocenters. The number of rotatable bonds is 8. The second-order valence-corrected chi connectivity index (χ2v) is 6.59. The quantitative estimate of drug-likeness (QED) is 0.356. The van der Waals surface area contributed by atoms with E-state index in [1.165, 1.54) is 38.0 Å². The maximum absolute atomic E-state index is 5.18. The molecular weight excluding hydrogens is 427 g/mol. The summed E-state index contributed by atoms with van der Waals surface area (Å²) in [7, 11) is 3.52. The van der Waals surface area contributed by atoms with Crippen LogP contribution in [0.3, 0.4) is 0 Å². The van der Waals surface area contributed by atoms with E-state index in [1.807, 2.05) is 19.2 Å². The van der Waals surface area contributed by atoms with Crippen molar-refractivity contribution in [3.63, 3.8) is 0 Å². The lowest BCUT2D eigenvalue weighted by molar-refractivity contribution is 0.287. The van der Waals surface area contributed by atoms with Gasteiger partial charge in [-0.25, -0.2) is 0 Å². The lowest BCUT2D eigenvalue weighted by Gasteiger charge is -2.21. The van der Waals surface area contributed by atoms with Gasteiger partial charge in [-0.05, 0) is 56.0 Å². The average Bonchev–Trinajstić information content (AvgIpc) is 3.11. The minimum absolute atomic E-state index is 0. The lowest BCUT2D eigenvalue weighted by atomic mass is 10.1. The number of hydrogen-bond donors (Lipinski definition) is 2. The SMILES string of the molecule is CN=C(NCCc1ccc(OC)cc1)NCC(C)CN1CCCC1.I. The third-order valence-electron chi connectivity index (χ3n) is 4.48. The monoisotopic (exact) mass is 460 g/mol. The van der Waals surface area contributed by atoms with Crippen LogP contribution in [0.25, 0.3) is 0 Å². The van der Waals surface area contributed by atoms with Gasteiger partial charge in [-0.3, -0.25) is 4.99 Å². The summed E-state index contributed by atoms with van der Waals surface area (Å²) in [5.74, 6) is 2.41. The van der Waals surface area contributed by atoms with Crippen molar-refractivity contribution >= 4 is 29.9 Å². The highest BCUT2D eigenvalue weighted by atomic mass is 127. The van der Waals surface area contributed by atoms with Crippen LogP contribution in [0.5, 0.6) is 5.75 Å². The van der Waals surface area contributed by atoms with Crippen molar-refractivity contribution in [2.24, 2.45) is 10.9 Å². The maximum Gasteiger partial charge on any atom is 0.190 e. The van der Waals surface area contributed by atoms with Gasteiger partial charge in [0.15, 0.2) is 5.96 Å². The number of halogens is 1. The number of ether oxygens (including phenoxy) is 1. The van der Waals surface area contributed by atoms with Crippen LogP contribution in [0.2, 0.25) is 0 Å². The molecule has 1 aromatic rings. The molecule has 25 heavy (non-hydrogen) atoms. The number of hydrogen-bond acceptors (Lipinski definition) is 3. The van der Waals surface area contributed by atoms with Gasteiger partial charge < -0.3 is 20.3 Å². The highest BCUT2D eigenvalue weighted by Gasteiger charge is 2.14. The van der Waals surface area contributed by atoms with Crippen molar-refractivity contribution in [2.45, 2.75) is 26.2 Å². The Kier molecular flexibility index (Phi) is 10.9. The van der Waals surface area contributed by atoms with Crippen LogP contribution in [-0.4, -0.2) is 57.7 Å². The lowest BCUT2D eigenvalue weighted by Crippen LogP contribution is -2.42. The topological polar surface area (TPSA) is 48.9 Å². The smallest absolute Gasteiger partial charge is 0.190 e. The summed E-state index contributed by atoms with van der Waals surface area (Å²) in [6.45, 7) is 7.83. The second-order valence-electron chi connectivity index (χ2n) is 6.59. The highest BCUT2D eigenvalue weighted by Crippen LogP contribution is 2.11. The van der Waals surface area contributed by atoms with E-state index >= 15 is 0 Å². The molecule has 0 spiro atoms. The molecule has 0 aliphatic carbocycles. The first-order chi connectivity index (χ1) is 11.7. The molecule has 5 nitrogen and oxygen atoms in total. The Morgan fingerprint density at radius 3 is 2.48 bits per heavy atom. The molecule has 0 aromatic heterocycles. The Bertz CT molecular complexity index is 501. The molecule has 2 N–H and O–H groups in total. The molecule has 1 aliphatic rings. The summed E-state index contributed by atoms with van der Waals surface area (Å²) < 4.78 is 5.18. The summed E-state index contributed by atoms with van der Waals surface area (Å²) in [4.78, 5) is 6.87. The zero-order chi connectivity index (χ0) is 17.2. The number of nitrogens with zero attached hydrogens (tertiary/aromatic N) is 2. The molecule has 0 saturated carbocycles. The minimum atomic E-state index is 0. The summed E-state index contributed by atoms with van der Waals surface area (Å²) in [6.07, 6.45) is 3.68. The van der Waals surface area contributed by atoms with Gasteiger partial charge in [0.05, 0.1) is 7.11 Å². The Morgan fingerprint density at radius 2 is 1.88 bits per heavy atom. The van der Waals surface area contributed by atoms with Gasteiger partial charge in [-0.1, -0.05) is 19.1 Å². The molecule has 6 heteroatoms. The van der Waals surface area contributed by atoms with E-state index in [-0.39, 0.29) is 24.0 Å². The van der Waals surface area contributed by atoms with Gasteiger partial charge in [0.2, 0.25) is 0 Å².